The zero-order valence-electron chi connectivity index (χ0n) is 9.48. The van der Waals surface area contributed by atoms with E-state index in [0.717, 1.165) is 25.4 Å². The van der Waals surface area contributed by atoms with Gasteiger partial charge >= 0.3 is 0 Å². The molecule has 1 aliphatic rings. The van der Waals surface area contributed by atoms with E-state index in [-0.39, 0.29) is 0 Å². The van der Waals surface area contributed by atoms with E-state index in [1.165, 1.54) is 6.42 Å². The minimum atomic E-state index is 0.486. The van der Waals surface area contributed by atoms with E-state index in [2.05, 4.69) is 15.3 Å². The Morgan fingerprint density at radius 3 is 3.06 bits per heavy atom. The molecule has 0 bridgehead atoms. The molecular weight excluding hydrogens is 206 g/mol. The smallest absolute Gasteiger partial charge is 0.235 e. The number of ether oxygens (including phenoxy) is 2. The lowest BCUT2D eigenvalue weighted by Gasteiger charge is -2.09. The highest BCUT2D eigenvalue weighted by Gasteiger charge is 2.14. The quantitative estimate of drug-likeness (QED) is 0.802. The highest BCUT2D eigenvalue weighted by Crippen LogP contribution is 2.14. The molecule has 88 valence electrons. The summed E-state index contributed by atoms with van der Waals surface area (Å²) in [5.74, 6) is 1.75. The molecule has 5 heteroatoms. The minimum Gasteiger partial charge on any atom is -0.480 e. The molecule has 0 aromatic carbocycles. The molecule has 1 atom stereocenters. The fourth-order valence-electron chi connectivity index (χ4n) is 1.79. The summed E-state index contributed by atoms with van der Waals surface area (Å²) < 4.78 is 10.5. The molecule has 5 nitrogen and oxygen atoms in total. The van der Waals surface area contributed by atoms with Gasteiger partial charge in [0.2, 0.25) is 11.8 Å². The zero-order valence-corrected chi connectivity index (χ0v) is 9.48. The average Bonchev–Trinajstić information content (AvgIpc) is 2.82. The largest absolute Gasteiger partial charge is 0.480 e. The third kappa shape index (κ3) is 3.06. The molecular formula is C11H17N3O2. The summed E-state index contributed by atoms with van der Waals surface area (Å²) in [5, 5.41) is 3.34. The van der Waals surface area contributed by atoms with Crippen LogP contribution in [-0.4, -0.2) is 36.8 Å². The molecule has 1 saturated heterocycles. The molecule has 1 fully saturated rings. The van der Waals surface area contributed by atoms with E-state index in [9.17, 15) is 0 Å². The van der Waals surface area contributed by atoms with Gasteiger partial charge in [0, 0.05) is 0 Å². The zero-order chi connectivity index (χ0) is 11.2. The second-order valence-electron chi connectivity index (χ2n) is 3.90. The van der Waals surface area contributed by atoms with Crippen LogP contribution in [0, 0.1) is 5.92 Å². The van der Waals surface area contributed by atoms with Crippen LogP contribution in [0.2, 0.25) is 0 Å². The van der Waals surface area contributed by atoms with Crippen LogP contribution in [0.4, 0.5) is 0 Å². The van der Waals surface area contributed by atoms with Gasteiger partial charge in [-0.15, -0.1) is 0 Å². The van der Waals surface area contributed by atoms with Crippen molar-refractivity contribution in [3.05, 3.63) is 12.4 Å². The average molecular weight is 223 g/mol. The fourth-order valence-corrected chi connectivity index (χ4v) is 1.79. The molecule has 0 radical (unpaired) electrons. The molecule has 0 amide bonds. The number of nitrogens with zero attached hydrogens (tertiary/aromatic N) is 2. The van der Waals surface area contributed by atoms with Crippen molar-refractivity contribution in [3.63, 3.8) is 0 Å². The molecule has 1 unspecified atom stereocenters. The number of methoxy groups -OCH3 is 1. The third-order valence-corrected chi connectivity index (χ3v) is 2.74. The van der Waals surface area contributed by atoms with Gasteiger partial charge in [-0.1, -0.05) is 0 Å². The molecule has 16 heavy (non-hydrogen) atoms. The van der Waals surface area contributed by atoms with Crippen molar-refractivity contribution in [1.82, 2.24) is 15.3 Å². The lowest BCUT2D eigenvalue weighted by molar-refractivity contribution is 0.268. The van der Waals surface area contributed by atoms with Crippen LogP contribution in [0.3, 0.4) is 0 Å². The normalized spacial score (nSPS) is 19.7. The van der Waals surface area contributed by atoms with Gasteiger partial charge in [-0.2, -0.15) is 4.98 Å². The van der Waals surface area contributed by atoms with Crippen LogP contribution >= 0.6 is 0 Å². The van der Waals surface area contributed by atoms with Crippen molar-refractivity contribution in [2.24, 2.45) is 5.92 Å². The number of hydrogen-bond donors (Lipinski definition) is 1. The van der Waals surface area contributed by atoms with Crippen LogP contribution in [0.1, 0.15) is 12.8 Å². The molecule has 2 heterocycles. The predicted molar refractivity (Wildman–Crippen MR) is 59.7 cm³/mol. The lowest BCUT2D eigenvalue weighted by Crippen LogP contribution is -2.12. The molecule has 0 aliphatic carbocycles. The molecule has 0 saturated carbocycles. The number of nitrogens with one attached hydrogen (secondary N) is 1. The van der Waals surface area contributed by atoms with Crippen molar-refractivity contribution in [2.45, 2.75) is 12.8 Å². The van der Waals surface area contributed by atoms with E-state index in [1.807, 2.05) is 0 Å². The first-order chi connectivity index (χ1) is 7.88. The molecule has 1 aromatic heterocycles. The molecule has 2 rings (SSSR count). The summed E-state index contributed by atoms with van der Waals surface area (Å²) in [7, 11) is 1.57. The summed E-state index contributed by atoms with van der Waals surface area (Å²) >= 11 is 0. The maximum absolute atomic E-state index is 5.53. The van der Waals surface area contributed by atoms with Gasteiger partial charge in [-0.3, -0.25) is 4.98 Å². The standard InChI is InChI=1S/C11H17N3O2/c1-15-10-7-13-8-11(14-10)16-5-3-9-2-4-12-6-9/h7-9,12H,2-6H2,1H3. The van der Waals surface area contributed by atoms with E-state index >= 15 is 0 Å². The van der Waals surface area contributed by atoms with Gasteiger partial charge in [-0.05, 0) is 31.8 Å². The number of aromatic nitrogens is 2. The van der Waals surface area contributed by atoms with Crippen molar-refractivity contribution >= 4 is 0 Å². The first-order valence-electron chi connectivity index (χ1n) is 5.58. The van der Waals surface area contributed by atoms with Crippen molar-refractivity contribution in [1.29, 1.82) is 0 Å². The van der Waals surface area contributed by atoms with Gasteiger partial charge in [0.1, 0.15) is 0 Å². The Morgan fingerprint density at radius 2 is 2.31 bits per heavy atom. The summed E-state index contributed by atoms with van der Waals surface area (Å²) in [6, 6.07) is 0. The van der Waals surface area contributed by atoms with Crippen molar-refractivity contribution in [2.75, 3.05) is 26.8 Å². The van der Waals surface area contributed by atoms with Crippen LogP contribution in [0.15, 0.2) is 12.4 Å². The van der Waals surface area contributed by atoms with Crippen LogP contribution < -0.4 is 14.8 Å². The van der Waals surface area contributed by atoms with Gasteiger partial charge in [0.25, 0.3) is 0 Å². The molecule has 1 aromatic rings. The van der Waals surface area contributed by atoms with Crippen molar-refractivity contribution in [3.8, 4) is 11.8 Å². The molecule has 1 aliphatic heterocycles. The van der Waals surface area contributed by atoms with Gasteiger partial charge in [-0.25, -0.2) is 0 Å². The van der Waals surface area contributed by atoms with Crippen LogP contribution in [-0.2, 0) is 0 Å². The van der Waals surface area contributed by atoms with E-state index in [4.69, 9.17) is 9.47 Å². The summed E-state index contributed by atoms with van der Waals surface area (Å²) in [4.78, 5) is 8.11. The Balaban J connectivity index is 1.75. The number of rotatable bonds is 5. The van der Waals surface area contributed by atoms with Crippen molar-refractivity contribution < 1.29 is 9.47 Å². The van der Waals surface area contributed by atoms with Gasteiger partial charge in [0.05, 0.1) is 26.1 Å². The van der Waals surface area contributed by atoms with Gasteiger partial charge in [0.15, 0.2) is 0 Å². The monoisotopic (exact) mass is 223 g/mol. The Hall–Kier alpha value is -1.36. The minimum absolute atomic E-state index is 0.486. The second kappa shape index (κ2) is 5.65. The topological polar surface area (TPSA) is 56.3 Å². The summed E-state index contributed by atoms with van der Waals surface area (Å²) in [6.07, 6.45) is 5.47. The van der Waals surface area contributed by atoms with Crippen LogP contribution in [0.5, 0.6) is 11.8 Å². The third-order valence-electron chi connectivity index (χ3n) is 2.74. The molecule has 1 N–H and O–H groups in total. The summed E-state index contributed by atoms with van der Waals surface area (Å²) in [6.45, 7) is 2.92. The van der Waals surface area contributed by atoms with E-state index in [0.29, 0.717) is 18.4 Å². The Bertz CT molecular complexity index is 327. The highest BCUT2D eigenvalue weighted by atomic mass is 16.5. The van der Waals surface area contributed by atoms with Crippen LogP contribution in [0.25, 0.3) is 0 Å². The SMILES string of the molecule is COc1cncc(OCCC2CCNC2)n1. The van der Waals surface area contributed by atoms with E-state index < -0.39 is 0 Å². The molecule has 0 spiro atoms. The first kappa shape index (κ1) is 11.1. The predicted octanol–water partition coefficient (Wildman–Crippen LogP) is 0.864. The maximum atomic E-state index is 5.53. The van der Waals surface area contributed by atoms with Gasteiger partial charge < -0.3 is 14.8 Å². The highest BCUT2D eigenvalue weighted by molar-refractivity contribution is 5.12. The fraction of sp³-hybridized carbons (Fsp3) is 0.636. The summed E-state index contributed by atoms with van der Waals surface area (Å²) in [5.41, 5.74) is 0. The second-order valence-corrected chi connectivity index (χ2v) is 3.90. The maximum Gasteiger partial charge on any atom is 0.235 e. The lowest BCUT2D eigenvalue weighted by atomic mass is 10.1. The van der Waals surface area contributed by atoms with E-state index in [1.54, 1.807) is 19.5 Å². The first-order valence-corrected chi connectivity index (χ1v) is 5.58. The Kier molecular flexibility index (Phi) is 3.93. The Morgan fingerprint density at radius 1 is 1.44 bits per heavy atom. The Labute approximate surface area is 95.2 Å². The number of hydrogen-bond acceptors (Lipinski definition) is 5.